The van der Waals surface area contributed by atoms with Crippen LogP contribution in [0.5, 0.6) is 11.5 Å². The number of esters is 1. The third kappa shape index (κ3) is 10.1. The number of rotatable bonds is 13. The number of ether oxygens (including phenoxy) is 3. The Morgan fingerprint density at radius 2 is 1.09 bits per heavy atom. The minimum Gasteiger partial charge on any atom is -0.494 e. The van der Waals surface area contributed by atoms with Crippen molar-refractivity contribution in [2.75, 3.05) is 20.8 Å². The summed E-state index contributed by atoms with van der Waals surface area (Å²) in [5.41, 5.74) is 4.88. The van der Waals surface area contributed by atoms with E-state index in [1.165, 1.54) is 27.1 Å². The topological polar surface area (TPSA) is 145 Å². The third-order valence-electron chi connectivity index (χ3n) is 13.0. The SMILES string of the molecule is CCOC(=O)c1cn(C2CC2)c2c(OC)c(-c3cc4c(s3)CCC(Br)C4O[Si](C)(C)C)ccc2c1=O.COc1c(-c2cc3c(s2)CCC(Br)C3O[Si](C)(C)C)ccc2c(=O)c(C(=O)O)cn(C3CC3)c12. The number of pyridine rings is 2. The van der Waals surface area contributed by atoms with Crippen molar-refractivity contribution in [1.29, 1.82) is 0 Å². The monoisotopic (exact) mass is 1150 g/mol. The van der Waals surface area contributed by atoms with Gasteiger partial charge >= 0.3 is 11.9 Å². The van der Waals surface area contributed by atoms with Crippen LogP contribution in [-0.4, -0.2) is 73.3 Å². The number of benzene rings is 2. The largest absolute Gasteiger partial charge is 0.494 e. The molecule has 372 valence electrons. The van der Waals surface area contributed by atoms with E-state index in [-0.39, 0.29) is 52.3 Å². The molecule has 6 aromatic rings. The second-order valence-corrected chi connectivity index (χ2v) is 34.1. The predicted octanol–water partition coefficient (Wildman–Crippen LogP) is 13.2. The Bertz CT molecular complexity index is 3160. The normalized spacial score (nSPS) is 20.1. The highest BCUT2D eigenvalue weighted by molar-refractivity contribution is 9.09. The van der Waals surface area contributed by atoms with E-state index in [9.17, 15) is 24.3 Å². The lowest BCUT2D eigenvalue weighted by Crippen LogP contribution is -2.33. The maximum Gasteiger partial charge on any atom is 0.343 e. The summed E-state index contributed by atoms with van der Waals surface area (Å²) in [6, 6.07) is 12.3. The number of carboxylic acid groups (broad SMARTS) is 1. The molecule has 18 heteroatoms. The number of aromatic nitrogens is 2. The van der Waals surface area contributed by atoms with Crippen molar-refractivity contribution in [3.8, 4) is 32.4 Å². The van der Waals surface area contributed by atoms with Crippen molar-refractivity contribution in [1.82, 2.24) is 9.13 Å². The average Bonchev–Trinajstić information content (AvgIpc) is 4.25. The summed E-state index contributed by atoms with van der Waals surface area (Å²) in [4.78, 5) is 56.0. The van der Waals surface area contributed by atoms with Crippen LogP contribution in [0.3, 0.4) is 0 Å². The molecule has 0 spiro atoms. The molecule has 70 heavy (non-hydrogen) atoms. The summed E-state index contributed by atoms with van der Waals surface area (Å²) in [6.45, 7) is 15.3. The Morgan fingerprint density at radius 1 is 0.671 bits per heavy atom. The molecular formula is C52H60Br2N2O10S2Si2. The molecule has 4 aliphatic carbocycles. The first kappa shape index (κ1) is 51.0. The molecule has 4 atom stereocenters. The van der Waals surface area contributed by atoms with E-state index in [0.717, 1.165) is 77.8 Å². The van der Waals surface area contributed by atoms with Gasteiger partial charge in [0.25, 0.3) is 0 Å². The maximum absolute atomic E-state index is 13.3. The molecule has 2 saturated carbocycles. The maximum atomic E-state index is 13.3. The molecule has 0 saturated heterocycles. The van der Waals surface area contributed by atoms with Crippen LogP contribution in [0, 0.1) is 0 Å². The summed E-state index contributed by atoms with van der Waals surface area (Å²) in [5.74, 6) is -0.489. The first-order valence-corrected chi connectivity index (χ1v) is 34.3. The van der Waals surface area contributed by atoms with Gasteiger partial charge in [-0.25, -0.2) is 9.59 Å². The van der Waals surface area contributed by atoms with Crippen LogP contribution in [0.4, 0.5) is 0 Å². The summed E-state index contributed by atoms with van der Waals surface area (Å²) in [7, 11) is -0.228. The summed E-state index contributed by atoms with van der Waals surface area (Å²) in [6.07, 6.45) is 11.2. The number of halogens is 2. The number of nitrogens with zero attached hydrogens (tertiary/aromatic N) is 2. The molecule has 0 radical (unpaired) electrons. The van der Waals surface area contributed by atoms with Gasteiger partial charge in [-0.2, -0.15) is 0 Å². The Morgan fingerprint density at radius 3 is 1.46 bits per heavy atom. The van der Waals surface area contributed by atoms with E-state index >= 15 is 0 Å². The number of carbonyl (C=O) groups excluding carboxylic acids is 1. The summed E-state index contributed by atoms with van der Waals surface area (Å²) in [5, 5.41) is 10.4. The molecule has 0 amide bonds. The lowest BCUT2D eigenvalue weighted by Gasteiger charge is -2.33. The van der Waals surface area contributed by atoms with Gasteiger partial charge in [0.15, 0.2) is 28.1 Å². The highest BCUT2D eigenvalue weighted by Crippen LogP contribution is 2.51. The molecule has 4 unspecified atom stereocenters. The first-order valence-electron chi connectivity index (χ1n) is 24.0. The fourth-order valence-electron chi connectivity index (χ4n) is 9.72. The van der Waals surface area contributed by atoms with Crippen molar-refractivity contribution < 1.29 is 37.8 Å². The third-order valence-corrected chi connectivity index (χ3v) is 19.3. The van der Waals surface area contributed by atoms with Gasteiger partial charge < -0.3 is 37.3 Å². The molecule has 4 aromatic heterocycles. The van der Waals surface area contributed by atoms with Crippen molar-refractivity contribution in [2.45, 2.75) is 132 Å². The van der Waals surface area contributed by atoms with Crippen LogP contribution in [0.2, 0.25) is 39.3 Å². The fraction of sp³-hybridized carbons (Fsp3) is 0.462. The minimum absolute atomic E-state index is 0.0228. The second kappa shape index (κ2) is 19.9. The molecule has 0 aliphatic heterocycles. The van der Waals surface area contributed by atoms with Gasteiger partial charge in [-0.15, -0.1) is 22.7 Å². The highest BCUT2D eigenvalue weighted by Gasteiger charge is 2.37. The fourth-order valence-corrected chi connectivity index (χ4v) is 15.9. The number of alkyl halides is 2. The Balaban J connectivity index is 0.000000174. The number of hydrogen-bond donors (Lipinski definition) is 1. The molecule has 4 aliphatic rings. The molecule has 4 heterocycles. The molecular weight excluding hydrogens is 1090 g/mol. The molecule has 2 aromatic carbocycles. The zero-order valence-electron chi connectivity index (χ0n) is 41.0. The Kier molecular flexibility index (Phi) is 14.5. The average molecular weight is 1150 g/mol. The number of thiophene rings is 2. The standard InChI is InChI=1S/C27H32BrNO5SSi.C25H28BrNO5SSi/c1-6-33-27(31)19-14-29(15-7-8-15)23-17(24(19)30)10-9-16(26(23)32-2)22-13-18-21(35-22)12-11-20(28)25(18)34-36(3,4)5;1-31-24-14(20-11-16-19(33-20)10-9-18(26)23(16)32-34(2,3)4)7-8-15-21(24)27(13-5-6-13)12-17(22(15)28)25(29)30/h9-10,13-15,20,25H,6-8,11-12H2,1-5H3;7-8,11-13,18,23H,5-6,9-10H2,1-4H3,(H,29,30). The number of methoxy groups -OCH3 is 2. The number of carboxylic acids is 1. The van der Waals surface area contributed by atoms with Crippen molar-refractivity contribution in [3.63, 3.8) is 0 Å². The lowest BCUT2D eigenvalue weighted by atomic mass is 9.95. The Labute approximate surface area is 434 Å². The van der Waals surface area contributed by atoms with Gasteiger partial charge in [-0.3, -0.25) is 9.59 Å². The van der Waals surface area contributed by atoms with Gasteiger partial charge in [-0.05, 0) is 145 Å². The van der Waals surface area contributed by atoms with Crippen molar-refractivity contribution in [3.05, 3.63) is 101 Å². The molecule has 2 fully saturated rings. The van der Waals surface area contributed by atoms with Crippen molar-refractivity contribution >= 4 is 105 Å². The van der Waals surface area contributed by atoms with Gasteiger partial charge in [0.1, 0.15) is 11.1 Å². The first-order chi connectivity index (χ1) is 33.2. The summed E-state index contributed by atoms with van der Waals surface area (Å²) >= 11 is 11.3. The smallest absolute Gasteiger partial charge is 0.343 e. The number of aromatic carboxylic acids is 1. The van der Waals surface area contributed by atoms with Gasteiger partial charge in [0, 0.05) is 64.8 Å². The van der Waals surface area contributed by atoms with Gasteiger partial charge in [0.2, 0.25) is 10.9 Å². The predicted molar refractivity (Wildman–Crippen MR) is 292 cm³/mol. The Hall–Kier alpha value is -3.89. The van der Waals surface area contributed by atoms with Crippen LogP contribution in [0.1, 0.15) is 111 Å². The van der Waals surface area contributed by atoms with Crippen LogP contribution in [-0.2, 0) is 26.4 Å². The minimum atomic E-state index is -1.75. The van der Waals surface area contributed by atoms with E-state index in [2.05, 4.69) is 83.3 Å². The second-order valence-electron chi connectivity index (χ2n) is 20.5. The number of hydrogen-bond acceptors (Lipinski definition) is 11. The van der Waals surface area contributed by atoms with Gasteiger partial charge in [0.05, 0.1) is 54.8 Å². The molecule has 12 nitrogen and oxygen atoms in total. The summed E-state index contributed by atoms with van der Waals surface area (Å²) < 4.78 is 34.2. The van der Waals surface area contributed by atoms with Gasteiger partial charge in [-0.1, -0.05) is 31.9 Å². The molecule has 0 bridgehead atoms. The zero-order valence-corrected chi connectivity index (χ0v) is 47.8. The lowest BCUT2D eigenvalue weighted by molar-refractivity contribution is 0.0523. The zero-order chi connectivity index (χ0) is 50.1. The van der Waals surface area contributed by atoms with Crippen LogP contribution < -0.4 is 20.3 Å². The molecule has 1 N–H and O–H groups in total. The van der Waals surface area contributed by atoms with E-state index < -0.39 is 34.0 Å². The number of fused-ring (bicyclic) bond motifs is 4. The van der Waals surface area contributed by atoms with E-state index in [0.29, 0.717) is 32.6 Å². The molecule has 10 rings (SSSR count). The van der Waals surface area contributed by atoms with E-state index in [4.69, 9.17) is 23.1 Å². The number of aryl methyl sites for hydroxylation is 2. The highest BCUT2D eigenvalue weighted by atomic mass is 79.9. The van der Waals surface area contributed by atoms with E-state index in [1.54, 1.807) is 56.1 Å². The van der Waals surface area contributed by atoms with Crippen molar-refractivity contribution in [2.24, 2.45) is 0 Å². The quantitative estimate of drug-likeness (QED) is 0.0674. The number of carbonyl (C=O) groups is 2. The van der Waals surface area contributed by atoms with E-state index in [1.807, 2.05) is 27.3 Å². The van der Waals surface area contributed by atoms with Crippen LogP contribution in [0.25, 0.3) is 42.7 Å². The van der Waals surface area contributed by atoms with Crippen LogP contribution >= 0.6 is 54.5 Å². The van der Waals surface area contributed by atoms with Crippen LogP contribution in [0.15, 0.2) is 58.4 Å².